The number of carboxylic acids is 1. The fraction of sp³-hybridized carbons (Fsp3) is 0.188. The number of halogens is 2. The van der Waals surface area contributed by atoms with Crippen molar-refractivity contribution in [1.29, 1.82) is 0 Å². The van der Waals surface area contributed by atoms with Crippen LogP contribution in [0.25, 0.3) is 0 Å². The first kappa shape index (κ1) is 16.3. The number of aliphatic carboxylic acids is 1. The molecule has 0 spiro atoms. The largest absolute Gasteiger partial charge is 0.481 e. The van der Waals surface area contributed by atoms with Crippen LogP contribution in [0.4, 0.5) is 0 Å². The van der Waals surface area contributed by atoms with E-state index < -0.39 is 32.9 Å². The van der Waals surface area contributed by atoms with Crippen LogP contribution in [-0.2, 0) is 14.6 Å². The zero-order valence-corrected chi connectivity index (χ0v) is 14.0. The van der Waals surface area contributed by atoms with E-state index in [0.29, 0.717) is 15.6 Å². The van der Waals surface area contributed by atoms with Gasteiger partial charge in [-0.15, -0.1) is 0 Å². The van der Waals surface area contributed by atoms with E-state index in [1.807, 2.05) is 0 Å². The molecular weight excluding hydrogens is 359 g/mol. The maximum Gasteiger partial charge on any atom is 0.308 e. The quantitative estimate of drug-likeness (QED) is 0.891. The molecule has 0 aliphatic heterocycles. The first-order valence-corrected chi connectivity index (χ1v) is 9.10. The molecule has 0 saturated heterocycles. The van der Waals surface area contributed by atoms with Crippen molar-refractivity contribution in [2.24, 2.45) is 5.92 Å². The van der Waals surface area contributed by atoms with Crippen molar-refractivity contribution >= 4 is 39.0 Å². The lowest BCUT2D eigenvalue weighted by Gasteiger charge is -2.04. The number of carboxylic acid groups (broad SMARTS) is 1. The van der Waals surface area contributed by atoms with E-state index >= 15 is 0 Å². The number of sulfone groups is 1. The summed E-state index contributed by atoms with van der Waals surface area (Å²) >= 11 is 11.6. The molecule has 120 valence electrons. The summed E-state index contributed by atoms with van der Waals surface area (Å²) in [5.74, 6) is -2.66. The van der Waals surface area contributed by atoms with E-state index in [-0.39, 0.29) is 4.90 Å². The van der Waals surface area contributed by atoms with Crippen LogP contribution < -0.4 is 0 Å². The highest BCUT2D eigenvalue weighted by molar-refractivity contribution is 7.92. The normalized spacial score (nSPS) is 23.5. The van der Waals surface area contributed by atoms with Crippen LogP contribution in [0.5, 0.6) is 0 Å². The average Bonchev–Trinajstić information content (AvgIpc) is 3.25. The number of hydrogen-bond acceptors (Lipinski definition) is 3. The van der Waals surface area contributed by atoms with Crippen molar-refractivity contribution in [3.8, 4) is 0 Å². The minimum Gasteiger partial charge on any atom is -0.481 e. The lowest BCUT2D eigenvalue weighted by Crippen LogP contribution is -2.13. The predicted molar refractivity (Wildman–Crippen MR) is 87.7 cm³/mol. The van der Waals surface area contributed by atoms with Crippen molar-refractivity contribution in [3.05, 3.63) is 64.1 Å². The summed E-state index contributed by atoms with van der Waals surface area (Å²) in [6.45, 7) is 0. The van der Waals surface area contributed by atoms with Crippen LogP contribution in [0.2, 0.25) is 10.0 Å². The second-order valence-electron chi connectivity index (χ2n) is 5.40. The van der Waals surface area contributed by atoms with E-state index in [9.17, 15) is 18.3 Å². The summed E-state index contributed by atoms with van der Waals surface area (Å²) in [7, 11) is -3.76. The Morgan fingerprint density at radius 3 is 1.87 bits per heavy atom. The van der Waals surface area contributed by atoms with Gasteiger partial charge in [0.25, 0.3) is 0 Å². The molecule has 2 aromatic carbocycles. The van der Waals surface area contributed by atoms with Gasteiger partial charge in [0.15, 0.2) is 9.84 Å². The second kappa shape index (κ2) is 5.82. The van der Waals surface area contributed by atoms with Crippen LogP contribution in [0.3, 0.4) is 0 Å². The maximum atomic E-state index is 12.7. The molecule has 0 bridgehead atoms. The lowest BCUT2D eigenvalue weighted by molar-refractivity contribution is -0.138. The molecule has 2 aromatic rings. The smallest absolute Gasteiger partial charge is 0.308 e. The molecule has 1 aliphatic rings. The lowest BCUT2D eigenvalue weighted by atomic mass is 10.1. The first-order chi connectivity index (χ1) is 10.8. The minimum absolute atomic E-state index is 0.0783. The zero-order valence-electron chi connectivity index (χ0n) is 11.7. The number of rotatable bonds is 4. The summed E-state index contributed by atoms with van der Waals surface area (Å²) in [4.78, 5) is 11.5. The van der Waals surface area contributed by atoms with Crippen LogP contribution in [0, 0.1) is 5.92 Å². The van der Waals surface area contributed by atoms with E-state index in [0.717, 1.165) is 0 Å². The molecule has 1 N–H and O–H groups in total. The highest BCUT2D eigenvalue weighted by atomic mass is 35.5. The summed E-state index contributed by atoms with van der Waals surface area (Å²) in [5.41, 5.74) is 0.657. The topological polar surface area (TPSA) is 71.4 Å². The van der Waals surface area contributed by atoms with Crippen molar-refractivity contribution < 1.29 is 18.3 Å². The molecule has 0 radical (unpaired) electrons. The third-order valence-corrected chi connectivity index (χ3v) is 6.73. The summed E-state index contributed by atoms with van der Waals surface area (Å²) in [6, 6.07) is 12.3. The van der Waals surface area contributed by atoms with Gasteiger partial charge in [-0.05, 0) is 42.0 Å². The maximum absolute atomic E-state index is 12.7. The van der Waals surface area contributed by atoms with Crippen molar-refractivity contribution in [2.45, 2.75) is 16.1 Å². The number of benzene rings is 2. The predicted octanol–water partition coefficient (Wildman–Crippen LogP) is 3.63. The first-order valence-electron chi connectivity index (χ1n) is 6.80. The third kappa shape index (κ3) is 2.96. The Balaban J connectivity index is 1.98. The molecule has 1 fully saturated rings. The Morgan fingerprint density at radius 2 is 1.39 bits per heavy atom. The fourth-order valence-corrected chi connectivity index (χ4v) is 5.20. The summed E-state index contributed by atoms with van der Waals surface area (Å²) in [5, 5.41) is 9.30. The Kier molecular flexibility index (Phi) is 4.12. The Morgan fingerprint density at radius 1 is 0.913 bits per heavy atom. The third-order valence-electron chi connectivity index (χ3n) is 3.99. The van der Waals surface area contributed by atoms with Crippen molar-refractivity contribution in [2.75, 3.05) is 0 Å². The van der Waals surface area contributed by atoms with Crippen molar-refractivity contribution in [3.63, 3.8) is 0 Å². The van der Waals surface area contributed by atoms with E-state index in [1.54, 1.807) is 24.3 Å². The van der Waals surface area contributed by atoms with Gasteiger partial charge in [-0.2, -0.15) is 0 Å². The van der Waals surface area contributed by atoms with Crippen LogP contribution in [0.1, 0.15) is 11.5 Å². The monoisotopic (exact) mass is 370 g/mol. The van der Waals surface area contributed by atoms with Gasteiger partial charge < -0.3 is 5.11 Å². The van der Waals surface area contributed by atoms with Gasteiger partial charge in [-0.25, -0.2) is 8.42 Å². The molecule has 23 heavy (non-hydrogen) atoms. The molecule has 0 heterocycles. The Hall–Kier alpha value is -1.56. The summed E-state index contributed by atoms with van der Waals surface area (Å²) < 4.78 is 25.5. The molecule has 0 amide bonds. The van der Waals surface area contributed by atoms with E-state index in [4.69, 9.17) is 23.2 Å². The average molecular weight is 371 g/mol. The molecule has 4 nitrogen and oxygen atoms in total. The number of carbonyl (C=O) groups is 1. The molecule has 3 unspecified atom stereocenters. The van der Waals surface area contributed by atoms with Gasteiger partial charge in [0.1, 0.15) is 0 Å². The fourth-order valence-electron chi connectivity index (χ4n) is 2.83. The molecule has 1 saturated carbocycles. The highest BCUT2D eigenvalue weighted by Gasteiger charge is 2.63. The van der Waals surface area contributed by atoms with Crippen LogP contribution in [-0.4, -0.2) is 24.7 Å². The van der Waals surface area contributed by atoms with Crippen molar-refractivity contribution in [1.82, 2.24) is 0 Å². The summed E-state index contributed by atoms with van der Waals surface area (Å²) in [6.07, 6.45) is 0. The van der Waals surface area contributed by atoms with Gasteiger partial charge in [-0.3, -0.25) is 4.79 Å². The highest BCUT2D eigenvalue weighted by Crippen LogP contribution is 2.54. The van der Waals surface area contributed by atoms with Crippen LogP contribution in [0.15, 0.2) is 53.4 Å². The molecule has 7 heteroatoms. The van der Waals surface area contributed by atoms with Gasteiger partial charge in [-0.1, -0.05) is 35.3 Å². The molecular formula is C16H12Cl2O4S. The molecule has 3 rings (SSSR count). The van der Waals surface area contributed by atoms with Gasteiger partial charge >= 0.3 is 5.97 Å². The second-order valence-corrected chi connectivity index (χ2v) is 8.38. The van der Waals surface area contributed by atoms with E-state index in [2.05, 4.69) is 0 Å². The molecule has 1 aliphatic carbocycles. The van der Waals surface area contributed by atoms with E-state index in [1.165, 1.54) is 24.3 Å². The standard InChI is InChI=1S/C16H12Cl2O4S/c17-10-3-1-9(2-4-10)13-14(16(19)20)15(13)23(21,22)12-7-5-11(18)6-8-12/h1-8,13-15H,(H,19,20). The van der Waals surface area contributed by atoms with Gasteiger partial charge in [0, 0.05) is 16.0 Å². The Labute approximate surface area is 143 Å². The Bertz CT molecular complexity index is 845. The van der Waals surface area contributed by atoms with Gasteiger partial charge in [0.05, 0.1) is 16.1 Å². The van der Waals surface area contributed by atoms with Crippen LogP contribution >= 0.6 is 23.2 Å². The number of hydrogen-bond donors (Lipinski definition) is 1. The molecule has 0 aromatic heterocycles. The zero-order chi connectivity index (χ0) is 16.8. The minimum atomic E-state index is -3.76. The molecule has 3 atom stereocenters. The SMILES string of the molecule is O=C(O)C1C(c2ccc(Cl)cc2)C1S(=O)(=O)c1ccc(Cl)cc1. The van der Waals surface area contributed by atoms with Gasteiger partial charge in [0.2, 0.25) is 0 Å².